The summed E-state index contributed by atoms with van der Waals surface area (Å²) in [6, 6.07) is 24.6. The molecule has 3 nitrogen and oxygen atoms in total. The number of phenolic OH excluding ortho intramolecular Hbond substituents is 1. The summed E-state index contributed by atoms with van der Waals surface area (Å²) in [5.41, 5.74) is 3.01. The van der Waals surface area contributed by atoms with Gasteiger partial charge < -0.3 is 10.4 Å². The topological polar surface area (TPSA) is 49.3 Å². The quantitative estimate of drug-likeness (QED) is 0.704. The number of rotatable bonds is 6. The summed E-state index contributed by atoms with van der Waals surface area (Å²) in [6.07, 6.45) is 0. The van der Waals surface area contributed by atoms with Gasteiger partial charge in [-0.3, -0.25) is 4.21 Å². The number of phenols is 1. The smallest absolute Gasteiger partial charge is 0.115 e. The molecular formula is C20H19NO2S. The average molecular weight is 337 g/mol. The van der Waals surface area contributed by atoms with Crippen molar-refractivity contribution < 1.29 is 9.32 Å². The van der Waals surface area contributed by atoms with E-state index in [9.17, 15) is 9.32 Å². The molecule has 0 saturated carbocycles. The van der Waals surface area contributed by atoms with Crippen LogP contribution in [0.4, 0.5) is 5.69 Å². The number of hydrogen-bond donors (Lipinski definition) is 2. The van der Waals surface area contributed by atoms with Crippen molar-refractivity contribution in [1.29, 1.82) is 0 Å². The molecular weight excluding hydrogens is 318 g/mol. The third-order valence-corrected chi connectivity index (χ3v) is 5.03. The van der Waals surface area contributed by atoms with Crippen molar-refractivity contribution in [3.8, 4) is 5.75 Å². The molecule has 0 aliphatic rings. The predicted octanol–water partition coefficient (Wildman–Crippen LogP) is 4.31. The summed E-state index contributed by atoms with van der Waals surface area (Å²) >= 11 is 0. The number of nitrogens with one attached hydrogen (secondary N) is 1. The Balaban J connectivity index is 1.65. The highest BCUT2D eigenvalue weighted by atomic mass is 32.2. The van der Waals surface area contributed by atoms with E-state index >= 15 is 0 Å². The molecule has 0 radical (unpaired) electrons. The molecule has 0 spiro atoms. The van der Waals surface area contributed by atoms with Crippen LogP contribution in [0.1, 0.15) is 11.1 Å². The molecule has 24 heavy (non-hydrogen) atoms. The number of anilines is 1. The normalized spacial score (nSPS) is 11.8. The van der Waals surface area contributed by atoms with E-state index in [1.807, 2.05) is 66.7 Å². The lowest BCUT2D eigenvalue weighted by Crippen LogP contribution is -2.01. The van der Waals surface area contributed by atoms with E-state index in [0.29, 0.717) is 12.3 Å². The Kier molecular flexibility index (Phi) is 5.29. The second-order valence-corrected chi connectivity index (χ2v) is 6.98. The monoisotopic (exact) mass is 337 g/mol. The fraction of sp³-hybridized carbons (Fsp3) is 0.100. The van der Waals surface area contributed by atoms with Gasteiger partial charge in [-0.25, -0.2) is 0 Å². The van der Waals surface area contributed by atoms with Gasteiger partial charge in [-0.1, -0.05) is 42.5 Å². The zero-order valence-corrected chi connectivity index (χ0v) is 14.0. The van der Waals surface area contributed by atoms with Crippen molar-refractivity contribution in [2.75, 3.05) is 5.32 Å². The highest BCUT2D eigenvalue weighted by molar-refractivity contribution is 7.84. The van der Waals surface area contributed by atoms with E-state index in [-0.39, 0.29) is 5.75 Å². The number of hydrogen-bond acceptors (Lipinski definition) is 3. The van der Waals surface area contributed by atoms with E-state index in [1.165, 1.54) is 0 Å². The lowest BCUT2D eigenvalue weighted by molar-refractivity contribution is 0.474. The Morgan fingerprint density at radius 3 is 2.38 bits per heavy atom. The van der Waals surface area contributed by atoms with Crippen molar-refractivity contribution in [2.24, 2.45) is 0 Å². The molecule has 0 aliphatic carbocycles. The van der Waals surface area contributed by atoms with Crippen LogP contribution in [0.2, 0.25) is 0 Å². The summed E-state index contributed by atoms with van der Waals surface area (Å²) in [5.74, 6) is 0.757. The molecule has 3 aromatic carbocycles. The first-order valence-electron chi connectivity index (χ1n) is 7.75. The van der Waals surface area contributed by atoms with Crippen LogP contribution in [0, 0.1) is 0 Å². The van der Waals surface area contributed by atoms with Gasteiger partial charge >= 0.3 is 0 Å². The van der Waals surface area contributed by atoms with E-state index in [0.717, 1.165) is 21.7 Å². The summed E-state index contributed by atoms with van der Waals surface area (Å²) in [5, 5.41) is 12.8. The fourth-order valence-electron chi connectivity index (χ4n) is 2.45. The van der Waals surface area contributed by atoms with Crippen molar-refractivity contribution in [2.45, 2.75) is 17.2 Å². The molecule has 0 bridgehead atoms. The maximum atomic E-state index is 12.4. The first kappa shape index (κ1) is 16.3. The molecule has 122 valence electrons. The second kappa shape index (κ2) is 7.79. The Labute approximate surface area is 144 Å². The maximum Gasteiger partial charge on any atom is 0.115 e. The Morgan fingerprint density at radius 2 is 1.58 bits per heavy atom. The van der Waals surface area contributed by atoms with Crippen molar-refractivity contribution >= 4 is 16.5 Å². The lowest BCUT2D eigenvalue weighted by Gasteiger charge is -2.09. The molecule has 1 unspecified atom stereocenters. The van der Waals surface area contributed by atoms with Crippen LogP contribution in [-0.2, 0) is 23.1 Å². The van der Waals surface area contributed by atoms with Gasteiger partial charge in [0.2, 0.25) is 0 Å². The summed E-state index contributed by atoms with van der Waals surface area (Å²) in [7, 11) is -1.05. The summed E-state index contributed by atoms with van der Waals surface area (Å²) in [6.45, 7) is 0.625. The lowest BCUT2D eigenvalue weighted by atomic mass is 10.2. The fourth-order valence-corrected chi connectivity index (χ4v) is 3.56. The third-order valence-electron chi connectivity index (χ3n) is 3.64. The minimum atomic E-state index is -1.05. The second-order valence-electron chi connectivity index (χ2n) is 5.53. The maximum absolute atomic E-state index is 12.4. The molecule has 1 atom stereocenters. The Bertz CT molecular complexity index is 834. The van der Waals surface area contributed by atoms with Crippen LogP contribution in [0.5, 0.6) is 5.75 Å². The highest BCUT2D eigenvalue weighted by Gasteiger charge is 2.05. The van der Waals surface area contributed by atoms with Crippen LogP contribution in [0.15, 0.2) is 83.8 Å². The van der Waals surface area contributed by atoms with Crippen molar-refractivity contribution in [1.82, 2.24) is 0 Å². The molecule has 0 fully saturated rings. The molecule has 0 heterocycles. The molecule has 4 heteroatoms. The summed E-state index contributed by atoms with van der Waals surface area (Å²) < 4.78 is 12.4. The number of aromatic hydroxyl groups is 1. The van der Waals surface area contributed by atoms with Crippen molar-refractivity contribution in [3.63, 3.8) is 0 Å². The Morgan fingerprint density at radius 1 is 0.833 bits per heavy atom. The minimum absolute atomic E-state index is 0.265. The van der Waals surface area contributed by atoms with Gasteiger partial charge in [-0.2, -0.15) is 0 Å². The van der Waals surface area contributed by atoms with Crippen molar-refractivity contribution in [3.05, 3.63) is 90.0 Å². The van der Waals surface area contributed by atoms with Crippen LogP contribution in [-0.4, -0.2) is 9.32 Å². The van der Waals surface area contributed by atoms with E-state index in [2.05, 4.69) is 5.32 Å². The van der Waals surface area contributed by atoms with E-state index in [4.69, 9.17) is 0 Å². The summed E-state index contributed by atoms with van der Waals surface area (Å²) in [4.78, 5) is 0.843. The zero-order valence-electron chi connectivity index (χ0n) is 13.2. The van der Waals surface area contributed by atoms with Gasteiger partial charge in [-0.15, -0.1) is 0 Å². The van der Waals surface area contributed by atoms with E-state index < -0.39 is 10.8 Å². The molecule has 0 aliphatic heterocycles. The van der Waals surface area contributed by atoms with Gasteiger partial charge in [-0.05, 0) is 47.5 Å². The van der Waals surface area contributed by atoms with Crippen LogP contribution in [0.25, 0.3) is 0 Å². The standard InChI is InChI=1S/C20H19NO2S/c22-19-9-5-6-16(13-19)14-21-18-8-4-7-17(12-18)15-24(23)20-10-2-1-3-11-20/h1-13,21-22H,14-15H2. The Hall–Kier alpha value is -2.59. The highest BCUT2D eigenvalue weighted by Crippen LogP contribution is 2.17. The zero-order chi connectivity index (χ0) is 16.8. The van der Waals surface area contributed by atoms with Gasteiger partial charge in [0, 0.05) is 17.1 Å². The van der Waals surface area contributed by atoms with Gasteiger partial charge in [0.15, 0.2) is 0 Å². The van der Waals surface area contributed by atoms with Gasteiger partial charge in [0.05, 0.1) is 16.6 Å². The first-order valence-corrected chi connectivity index (χ1v) is 9.07. The van der Waals surface area contributed by atoms with Crippen LogP contribution >= 0.6 is 0 Å². The third kappa shape index (κ3) is 4.46. The SMILES string of the molecule is O=S(Cc1cccc(NCc2cccc(O)c2)c1)c1ccccc1. The van der Waals surface area contributed by atoms with Gasteiger partial charge in [0.25, 0.3) is 0 Å². The first-order chi connectivity index (χ1) is 11.7. The molecule has 0 aromatic heterocycles. The molecule has 3 rings (SSSR count). The van der Waals surface area contributed by atoms with Gasteiger partial charge in [0.1, 0.15) is 5.75 Å². The van der Waals surface area contributed by atoms with Crippen LogP contribution in [0.3, 0.4) is 0 Å². The molecule has 3 aromatic rings. The number of benzene rings is 3. The molecule has 0 saturated heterocycles. The molecule has 0 amide bonds. The minimum Gasteiger partial charge on any atom is -0.508 e. The average Bonchev–Trinajstić information content (AvgIpc) is 2.61. The largest absolute Gasteiger partial charge is 0.508 e. The van der Waals surface area contributed by atoms with E-state index in [1.54, 1.807) is 12.1 Å². The molecule has 2 N–H and O–H groups in total. The van der Waals surface area contributed by atoms with Crippen LogP contribution < -0.4 is 5.32 Å². The predicted molar refractivity (Wildman–Crippen MR) is 98.4 cm³/mol.